The lowest BCUT2D eigenvalue weighted by Gasteiger charge is -1.90. The molecule has 0 N–H and O–H groups in total. The normalized spacial score (nSPS) is 9.62. The van der Waals surface area contributed by atoms with Crippen LogP contribution in [0.5, 0.6) is 0 Å². The van der Waals surface area contributed by atoms with Crippen LogP contribution >= 0.6 is 11.6 Å². The molecule has 1 nitrogen and oxygen atoms in total. The van der Waals surface area contributed by atoms with Crippen LogP contribution in [-0.4, -0.2) is 15.2 Å². The van der Waals surface area contributed by atoms with Crippen LogP contribution in [0.4, 0.5) is 0 Å². The van der Waals surface area contributed by atoms with Gasteiger partial charge in [0, 0.05) is 22.6 Å². The van der Waals surface area contributed by atoms with E-state index in [0.29, 0.717) is 0 Å². The Bertz CT molecular complexity index is 169. The summed E-state index contributed by atoms with van der Waals surface area (Å²) in [4.78, 5) is 3.84. The molecule has 0 amide bonds. The number of hydrogen-bond donors (Lipinski definition) is 0. The minimum atomic E-state index is 0.791. The molecule has 0 aliphatic rings. The maximum atomic E-state index is 5.68. The number of aromatic nitrogens is 1. The third kappa shape index (κ3) is 1.08. The third-order valence-corrected chi connectivity index (χ3v) is 2.56. The van der Waals surface area contributed by atoms with Crippen molar-refractivity contribution in [2.45, 2.75) is 0 Å². The first-order valence-corrected chi connectivity index (χ1v) is 3.74. The molecule has 3 heteroatoms. The van der Waals surface area contributed by atoms with E-state index in [2.05, 4.69) is 4.98 Å². The van der Waals surface area contributed by atoms with Crippen LogP contribution in [0.3, 0.4) is 0 Å². The third-order valence-electron chi connectivity index (χ3n) is 0.975. The van der Waals surface area contributed by atoms with Gasteiger partial charge in [-0.1, -0.05) is 11.6 Å². The topological polar surface area (TPSA) is 12.9 Å². The predicted molar refractivity (Wildman–Crippen MR) is 38.8 cm³/mol. The summed E-state index contributed by atoms with van der Waals surface area (Å²) < 4.78 is 0. The van der Waals surface area contributed by atoms with E-state index in [4.69, 9.17) is 11.6 Å². The molecule has 1 aromatic heterocycles. The fraction of sp³-hybridized carbons (Fsp3) is 0. The molecule has 1 rings (SSSR count). The Kier molecular flexibility index (Phi) is 1.65. The highest BCUT2D eigenvalue weighted by molar-refractivity contribution is 6.44. The van der Waals surface area contributed by atoms with Gasteiger partial charge in [0.15, 0.2) is 0 Å². The molecule has 0 saturated carbocycles. The summed E-state index contributed by atoms with van der Waals surface area (Å²) in [6.45, 7) is 0. The van der Waals surface area contributed by atoms with Crippen LogP contribution in [-0.2, 0) is 0 Å². The summed E-state index contributed by atoms with van der Waals surface area (Å²) in [5.74, 6) is 0. The molecular weight excluding hydrogens is 138 g/mol. The van der Waals surface area contributed by atoms with Gasteiger partial charge in [0.05, 0.1) is 5.02 Å². The summed E-state index contributed by atoms with van der Waals surface area (Å²) in [5.41, 5.74) is 0. The van der Waals surface area contributed by atoms with E-state index in [1.165, 1.54) is 5.19 Å². The molecule has 0 aromatic carbocycles. The van der Waals surface area contributed by atoms with Crippen molar-refractivity contribution < 1.29 is 0 Å². The summed E-state index contributed by atoms with van der Waals surface area (Å²) in [6.07, 6.45) is 3.43. The first-order chi connectivity index (χ1) is 3.80. The summed E-state index contributed by atoms with van der Waals surface area (Å²) in [7, 11) is 1.00. The van der Waals surface area contributed by atoms with E-state index in [-0.39, 0.29) is 0 Å². The highest BCUT2D eigenvalue weighted by Crippen LogP contribution is 1.97. The van der Waals surface area contributed by atoms with Gasteiger partial charge in [0.1, 0.15) is 0 Å². The fourth-order valence-electron chi connectivity index (χ4n) is 0.445. The Morgan fingerprint density at radius 3 is 2.75 bits per heavy atom. The Morgan fingerprint density at radius 1 is 1.62 bits per heavy atom. The van der Waals surface area contributed by atoms with Crippen LogP contribution in [0.15, 0.2) is 18.5 Å². The molecule has 42 valence electrons. The number of halogens is 1. The average molecular weight is 144 g/mol. The summed E-state index contributed by atoms with van der Waals surface area (Å²) in [5, 5.41) is 2.00. The second kappa shape index (κ2) is 2.28. The summed E-state index contributed by atoms with van der Waals surface area (Å²) >= 11 is 5.68. The molecule has 0 bridgehead atoms. The SMILES string of the molecule is [SiH3]c1ccncc1Cl. The molecule has 0 fully saturated rings. The zero-order valence-electron chi connectivity index (χ0n) is 4.56. The Morgan fingerprint density at radius 2 is 2.38 bits per heavy atom. The Hall–Kier alpha value is -0.343. The monoisotopic (exact) mass is 143 g/mol. The molecule has 0 aliphatic heterocycles. The van der Waals surface area contributed by atoms with Crippen molar-refractivity contribution in [3.8, 4) is 0 Å². The van der Waals surface area contributed by atoms with Crippen LogP contribution in [0, 0.1) is 0 Å². The zero-order valence-corrected chi connectivity index (χ0v) is 7.31. The van der Waals surface area contributed by atoms with E-state index >= 15 is 0 Å². The highest BCUT2D eigenvalue weighted by Gasteiger charge is 1.87. The predicted octanol–water partition coefficient (Wildman–Crippen LogP) is -0.274. The first kappa shape index (κ1) is 5.79. The molecule has 0 atom stereocenters. The van der Waals surface area contributed by atoms with Gasteiger partial charge < -0.3 is 0 Å². The van der Waals surface area contributed by atoms with Gasteiger partial charge in [-0.3, -0.25) is 4.98 Å². The number of nitrogens with zero attached hydrogens (tertiary/aromatic N) is 1. The number of hydrogen-bond acceptors (Lipinski definition) is 1. The van der Waals surface area contributed by atoms with Crippen molar-refractivity contribution in [2.75, 3.05) is 0 Å². The van der Waals surface area contributed by atoms with Gasteiger partial charge >= 0.3 is 0 Å². The van der Waals surface area contributed by atoms with Gasteiger partial charge in [-0.05, 0) is 11.3 Å². The fourth-order valence-corrected chi connectivity index (χ4v) is 0.842. The van der Waals surface area contributed by atoms with Gasteiger partial charge in [0.2, 0.25) is 0 Å². The van der Waals surface area contributed by atoms with Crippen molar-refractivity contribution >= 4 is 27.0 Å². The largest absolute Gasteiger partial charge is 0.263 e. The van der Waals surface area contributed by atoms with Crippen molar-refractivity contribution in [3.05, 3.63) is 23.5 Å². The van der Waals surface area contributed by atoms with Crippen molar-refractivity contribution in [1.29, 1.82) is 0 Å². The van der Waals surface area contributed by atoms with Gasteiger partial charge in [-0.15, -0.1) is 0 Å². The van der Waals surface area contributed by atoms with E-state index < -0.39 is 0 Å². The second-order valence-electron chi connectivity index (χ2n) is 1.62. The van der Waals surface area contributed by atoms with Crippen LogP contribution in [0.1, 0.15) is 0 Å². The molecule has 0 saturated heterocycles. The van der Waals surface area contributed by atoms with Crippen LogP contribution < -0.4 is 5.19 Å². The van der Waals surface area contributed by atoms with Crippen molar-refractivity contribution in [3.63, 3.8) is 0 Å². The molecule has 0 spiro atoms. The molecule has 8 heavy (non-hydrogen) atoms. The molecular formula is C5H6ClNSi. The standard InChI is InChI=1S/C5H6ClNSi/c6-4-3-7-2-1-5(4)8/h1-3H,8H3. The minimum Gasteiger partial charge on any atom is -0.263 e. The van der Waals surface area contributed by atoms with Crippen molar-refractivity contribution in [1.82, 2.24) is 4.98 Å². The smallest absolute Gasteiger partial charge is 0.0571 e. The zero-order chi connectivity index (χ0) is 5.98. The van der Waals surface area contributed by atoms with Gasteiger partial charge in [-0.2, -0.15) is 0 Å². The molecule has 1 aromatic rings. The second-order valence-corrected chi connectivity index (χ2v) is 3.11. The minimum absolute atomic E-state index is 0.791. The molecule has 1 heterocycles. The maximum absolute atomic E-state index is 5.68. The lowest BCUT2D eigenvalue weighted by molar-refractivity contribution is 1.34. The lowest BCUT2D eigenvalue weighted by Crippen LogP contribution is -2.02. The quantitative estimate of drug-likeness (QED) is 0.456. The maximum Gasteiger partial charge on any atom is 0.0571 e. The van der Waals surface area contributed by atoms with Gasteiger partial charge in [-0.25, -0.2) is 0 Å². The van der Waals surface area contributed by atoms with Crippen LogP contribution in [0.25, 0.3) is 0 Å². The van der Waals surface area contributed by atoms with E-state index in [0.717, 1.165) is 15.3 Å². The van der Waals surface area contributed by atoms with E-state index in [1.54, 1.807) is 12.4 Å². The lowest BCUT2D eigenvalue weighted by atomic mass is 10.5. The summed E-state index contributed by atoms with van der Waals surface area (Å²) in [6, 6.07) is 1.94. The Labute approximate surface area is 56.1 Å². The highest BCUT2D eigenvalue weighted by atomic mass is 35.5. The van der Waals surface area contributed by atoms with Gasteiger partial charge in [0.25, 0.3) is 0 Å². The molecule has 0 aliphatic carbocycles. The first-order valence-electron chi connectivity index (χ1n) is 2.37. The molecule has 0 radical (unpaired) electrons. The van der Waals surface area contributed by atoms with Crippen LogP contribution in [0.2, 0.25) is 5.02 Å². The number of pyridine rings is 1. The van der Waals surface area contributed by atoms with E-state index in [9.17, 15) is 0 Å². The Balaban J connectivity index is 3.13. The van der Waals surface area contributed by atoms with E-state index in [1.807, 2.05) is 6.07 Å². The van der Waals surface area contributed by atoms with Crippen molar-refractivity contribution in [2.24, 2.45) is 0 Å². The average Bonchev–Trinajstić information content (AvgIpc) is 1.77. The number of rotatable bonds is 0. The molecule has 0 unspecified atom stereocenters.